The molecule has 12 heteroatoms. The van der Waals surface area contributed by atoms with Crippen molar-refractivity contribution in [3.63, 3.8) is 0 Å². The lowest BCUT2D eigenvalue weighted by Gasteiger charge is -2.27. The van der Waals surface area contributed by atoms with Crippen molar-refractivity contribution in [2.45, 2.75) is 45.3 Å². The lowest BCUT2D eigenvalue weighted by atomic mass is 10.1. The lowest BCUT2D eigenvalue weighted by molar-refractivity contribution is -0.154. The fourth-order valence-electron chi connectivity index (χ4n) is 4.97. The molecule has 0 amide bonds. The second kappa shape index (κ2) is 15.0. The lowest BCUT2D eigenvalue weighted by Crippen LogP contribution is -2.36. The van der Waals surface area contributed by atoms with Gasteiger partial charge in [0.25, 0.3) is 5.76 Å². The van der Waals surface area contributed by atoms with Crippen LogP contribution in [0.5, 0.6) is 23.0 Å². The molecule has 46 heavy (non-hydrogen) atoms. The maximum Gasteiger partial charge on any atom is 0.453 e. The summed E-state index contributed by atoms with van der Waals surface area (Å²) in [5.74, 6) is -2.84. The number of esters is 1. The largest absolute Gasteiger partial charge is 0.494 e. The third-order valence-corrected chi connectivity index (χ3v) is 7.67. The van der Waals surface area contributed by atoms with Crippen molar-refractivity contribution < 1.29 is 41.3 Å². The van der Waals surface area contributed by atoms with Crippen LogP contribution < -0.4 is 19.6 Å². The molecular weight excluding hydrogens is 627 g/mol. The zero-order valence-electron chi connectivity index (χ0n) is 25.2. The van der Waals surface area contributed by atoms with Crippen LogP contribution in [-0.2, 0) is 17.5 Å². The maximum absolute atomic E-state index is 14.4. The molecule has 0 atom stereocenters. The molecule has 0 bridgehead atoms. The van der Waals surface area contributed by atoms with Gasteiger partial charge in [-0.25, -0.2) is 4.79 Å². The highest BCUT2D eigenvalue weighted by Gasteiger charge is 2.41. The molecule has 5 rings (SSSR count). The fraction of sp³-hybridized carbons (Fsp3) is 0.353. The number of nitrogens with zero attached hydrogens (tertiary/aromatic N) is 1. The van der Waals surface area contributed by atoms with E-state index in [1.54, 1.807) is 24.3 Å². The van der Waals surface area contributed by atoms with E-state index < -0.39 is 29.1 Å². The Morgan fingerprint density at radius 2 is 1.63 bits per heavy atom. The number of hydrogen-bond donors (Lipinski definition) is 0. The van der Waals surface area contributed by atoms with Gasteiger partial charge in [0.1, 0.15) is 22.8 Å². The van der Waals surface area contributed by atoms with E-state index in [1.165, 1.54) is 36.4 Å². The highest BCUT2D eigenvalue weighted by molar-refractivity contribution is 6.30. The number of ether oxygens (including phenoxy) is 4. The number of carbonyl (C=O) groups is 1. The molecule has 1 aliphatic rings. The third kappa shape index (κ3) is 8.20. The quantitative estimate of drug-likeness (QED) is 0.0853. The number of fused-ring (bicyclic) bond motifs is 1. The number of carbonyl (C=O) groups excluding carboxylic acids is 1. The SMILES string of the molecule is CCCCCCOc1ccc(C(=O)Oc2ccc3c(=O)c(Oc4ccc(Cl)cc4)c(C(F)(F)F)oc3c2CN2CCOCC2)cc1. The standard InChI is InChI=1S/C34H33ClF3NO7/c1-2-3-4-5-18-43-24-10-6-22(7-11-24)33(41)45-28-15-14-26-29(40)31(44-25-12-8-23(35)9-13-25)32(34(36,37)38)46-30(26)27(28)21-39-16-19-42-20-17-39/h6-15H,2-5,16-21H2,1H3. The summed E-state index contributed by atoms with van der Waals surface area (Å²) >= 11 is 5.89. The van der Waals surface area contributed by atoms with Gasteiger partial charge in [-0.1, -0.05) is 37.8 Å². The van der Waals surface area contributed by atoms with Crippen LogP contribution in [0.25, 0.3) is 11.0 Å². The van der Waals surface area contributed by atoms with Crippen LogP contribution in [0, 0.1) is 0 Å². The Labute approximate surface area is 268 Å². The van der Waals surface area contributed by atoms with Gasteiger partial charge in [0.2, 0.25) is 11.2 Å². The van der Waals surface area contributed by atoms with E-state index in [9.17, 15) is 22.8 Å². The first-order chi connectivity index (χ1) is 22.1. The number of benzene rings is 3. The molecule has 0 radical (unpaired) electrons. The Hall–Kier alpha value is -4.06. The fourth-order valence-corrected chi connectivity index (χ4v) is 5.10. The van der Waals surface area contributed by atoms with Crippen molar-refractivity contribution in [1.29, 1.82) is 0 Å². The van der Waals surface area contributed by atoms with Crippen molar-refractivity contribution in [3.05, 3.63) is 92.8 Å². The highest BCUT2D eigenvalue weighted by Crippen LogP contribution is 2.40. The Balaban J connectivity index is 1.49. The Morgan fingerprint density at radius 3 is 2.30 bits per heavy atom. The molecule has 0 N–H and O–H groups in total. The van der Waals surface area contributed by atoms with Crippen LogP contribution in [0.2, 0.25) is 5.02 Å². The summed E-state index contributed by atoms with van der Waals surface area (Å²) in [5.41, 5.74) is -1.07. The summed E-state index contributed by atoms with van der Waals surface area (Å²) in [6.07, 6.45) is -0.835. The molecule has 1 fully saturated rings. The number of rotatable bonds is 12. The molecule has 1 aromatic heterocycles. The smallest absolute Gasteiger partial charge is 0.453 e. The van der Waals surface area contributed by atoms with Gasteiger partial charge < -0.3 is 23.4 Å². The van der Waals surface area contributed by atoms with E-state index in [2.05, 4.69) is 6.92 Å². The van der Waals surface area contributed by atoms with Gasteiger partial charge >= 0.3 is 12.1 Å². The second-order valence-electron chi connectivity index (χ2n) is 10.8. The average molecular weight is 660 g/mol. The normalized spacial score (nSPS) is 13.9. The molecule has 4 aromatic rings. The van der Waals surface area contributed by atoms with Crippen molar-refractivity contribution in [2.75, 3.05) is 32.9 Å². The van der Waals surface area contributed by atoms with Crippen molar-refractivity contribution in [3.8, 4) is 23.0 Å². The molecule has 0 aliphatic carbocycles. The maximum atomic E-state index is 14.4. The average Bonchev–Trinajstić information content (AvgIpc) is 3.04. The highest BCUT2D eigenvalue weighted by atomic mass is 35.5. The Bertz CT molecular complexity index is 1700. The predicted molar refractivity (Wildman–Crippen MR) is 166 cm³/mol. The molecule has 0 spiro atoms. The Kier molecular flexibility index (Phi) is 10.9. The first-order valence-electron chi connectivity index (χ1n) is 15.0. The van der Waals surface area contributed by atoms with Gasteiger partial charge in [0, 0.05) is 24.7 Å². The van der Waals surface area contributed by atoms with E-state index >= 15 is 0 Å². The zero-order valence-corrected chi connectivity index (χ0v) is 25.9. The predicted octanol–water partition coefficient (Wildman–Crippen LogP) is 8.27. The van der Waals surface area contributed by atoms with Crippen LogP contribution in [0.15, 0.2) is 69.9 Å². The van der Waals surface area contributed by atoms with Crippen LogP contribution in [0.4, 0.5) is 13.2 Å². The molecule has 1 saturated heterocycles. The van der Waals surface area contributed by atoms with Crippen molar-refractivity contribution in [1.82, 2.24) is 4.90 Å². The summed E-state index contributed by atoms with van der Waals surface area (Å²) in [7, 11) is 0. The minimum Gasteiger partial charge on any atom is -0.494 e. The zero-order chi connectivity index (χ0) is 32.7. The summed E-state index contributed by atoms with van der Waals surface area (Å²) in [6.45, 7) is 4.48. The van der Waals surface area contributed by atoms with Gasteiger partial charge in [0.15, 0.2) is 0 Å². The third-order valence-electron chi connectivity index (χ3n) is 7.41. The summed E-state index contributed by atoms with van der Waals surface area (Å²) in [6, 6.07) is 14.6. The first kappa shape index (κ1) is 33.3. The topological polar surface area (TPSA) is 87.4 Å². The number of alkyl halides is 3. The number of unbranched alkanes of at least 4 members (excludes halogenated alkanes) is 3. The minimum absolute atomic E-state index is 0.0335. The summed E-state index contributed by atoms with van der Waals surface area (Å²) < 4.78 is 70.8. The van der Waals surface area contributed by atoms with E-state index in [1.807, 2.05) is 4.90 Å². The Morgan fingerprint density at radius 1 is 0.935 bits per heavy atom. The molecule has 8 nitrogen and oxygen atoms in total. The first-order valence-corrected chi connectivity index (χ1v) is 15.4. The van der Waals surface area contributed by atoms with E-state index in [0.717, 1.165) is 25.7 Å². The minimum atomic E-state index is -5.09. The van der Waals surface area contributed by atoms with Gasteiger partial charge in [-0.3, -0.25) is 9.69 Å². The monoisotopic (exact) mass is 659 g/mol. The van der Waals surface area contributed by atoms with Gasteiger partial charge in [-0.2, -0.15) is 13.2 Å². The molecular formula is C34H33ClF3NO7. The van der Waals surface area contributed by atoms with Crippen LogP contribution in [0.1, 0.15) is 54.3 Å². The molecule has 244 valence electrons. The summed E-state index contributed by atoms with van der Waals surface area (Å²) in [4.78, 5) is 28.7. The molecule has 2 heterocycles. The van der Waals surface area contributed by atoms with Crippen molar-refractivity contribution >= 4 is 28.5 Å². The van der Waals surface area contributed by atoms with E-state index in [4.69, 9.17) is 35.0 Å². The van der Waals surface area contributed by atoms with Crippen LogP contribution in [-0.4, -0.2) is 43.8 Å². The van der Waals surface area contributed by atoms with Crippen LogP contribution in [0.3, 0.4) is 0 Å². The summed E-state index contributed by atoms with van der Waals surface area (Å²) in [5, 5.41) is 0.173. The van der Waals surface area contributed by atoms with Crippen LogP contribution >= 0.6 is 11.6 Å². The van der Waals surface area contributed by atoms with E-state index in [-0.39, 0.29) is 40.1 Å². The van der Waals surface area contributed by atoms with Gasteiger partial charge in [-0.15, -0.1) is 0 Å². The second-order valence-corrected chi connectivity index (χ2v) is 11.2. The van der Waals surface area contributed by atoms with E-state index in [0.29, 0.717) is 43.7 Å². The number of morpholine rings is 1. The number of halogens is 4. The molecule has 1 aliphatic heterocycles. The van der Waals surface area contributed by atoms with Gasteiger partial charge in [0.05, 0.1) is 36.3 Å². The number of hydrogen-bond acceptors (Lipinski definition) is 8. The molecule has 0 unspecified atom stereocenters. The van der Waals surface area contributed by atoms with Gasteiger partial charge in [-0.05, 0) is 67.1 Å². The molecule has 0 saturated carbocycles. The van der Waals surface area contributed by atoms with Crippen molar-refractivity contribution in [2.24, 2.45) is 0 Å². The molecule has 3 aromatic carbocycles.